The zero-order valence-corrected chi connectivity index (χ0v) is 24.1. The van der Waals surface area contributed by atoms with E-state index in [1.165, 1.54) is 28.1 Å². The monoisotopic (exact) mass is 550 g/mol. The third-order valence-corrected chi connectivity index (χ3v) is 9.00. The van der Waals surface area contributed by atoms with Crippen molar-refractivity contribution in [3.05, 3.63) is 71.4 Å². The number of aryl methyl sites for hydroxylation is 1. The molecular formula is C33H38N6O2. The van der Waals surface area contributed by atoms with Gasteiger partial charge in [-0.05, 0) is 62.9 Å². The van der Waals surface area contributed by atoms with Crippen LogP contribution in [0.25, 0.3) is 10.8 Å². The molecular weight excluding hydrogens is 512 g/mol. The van der Waals surface area contributed by atoms with Gasteiger partial charge >= 0.3 is 0 Å². The molecule has 2 aromatic carbocycles. The number of hydrogen-bond donors (Lipinski definition) is 0. The molecule has 212 valence electrons. The van der Waals surface area contributed by atoms with Crippen molar-refractivity contribution in [1.82, 2.24) is 14.8 Å². The van der Waals surface area contributed by atoms with Gasteiger partial charge in [0.25, 0.3) is 0 Å². The second kappa shape index (κ2) is 11.4. The van der Waals surface area contributed by atoms with Crippen LogP contribution in [-0.4, -0.2) is 79.7 Å². The fraction of sp³-hybridized carbons (Fsp3) is 0.424. The lowest BCUT2D eigenvalue weighted by molar-refractivity contribution is -0.126. The van der Waals surface area contributed by atoms with Crippen LogP contribution in [0.1, 0.15) is 35.2 Å². The summed E-state index contributed by atoms with van der Waals surface area (Å²) in [6.45, 7) is 11.4. The van der Waals surface area contributed by atoms with Crippen LogP contribution in [0, 0.1) is 18.3 Å². The lowest BCUT2D eigenvalue weighted by atomic mass is 9.96. The lowest BCUT2D eigenvalue weighted by Crippen LogP contribution is -2.49. The van der Waals surface area contributed by atoms with E-state index in [-0.39, 0.29) is 5.91 Å². The smallest absolute Gasteiger partial charge is 0.246 e. The molecule has 8 nitrogen and oxygen atoms in total. The Balaban J connectivity index is 1.38. The maximum absolute atomic E-state index is 12.2. The molecule has 0 spiro atoms. The Morgan fingerprint density at radius 3 is 2.61 bits per heavy atom. The minimum absolute atomic E-state index is 0.0485. The summed E-state index contributed by atoms with van der Waals surface area (Å²) in [5.74, 6) is 0.384. The molecule has 3 aromatic rings. The third kappa shape index (κ3) is 5.11. The molecule has 3 aliphatic heterocycles. The molecule has 41 heavy (non-hydrogen) atoms. The molecule has 0 bridgehead atoms. The van der Waals surface area contributed by atoms with Crippen LogP contribution >= 0.6 is 0 Å². The van der Waals surface area contributed by atoms with E-state index in [0.717, 1.165) is 49.3 Å². The number of nitriles is 1. The Labute approximate surface area is 242 Å². The van der Waals surface area contributed by atoms with Crippen LogP contribution in [0.4, 0.5) is 11.4 Å². The van der Waals surface area contributed by atoms with Gasteiger partial charge < -0.3 is 24.3 Å². The Hall–Kier alpha value is -4.09. The first-order valence-electron chi connectivity index (χ1n) is 14.7. The molecule has 0 N–H and O–H groups in total. The number of pyridine rings is 1. The first-order valence-corrected chi connectivity index (χ1v) is 14.7. The van der Waals surface area contributed by atoms with E-state index >= 15 is 0 Å². The second-order valence-electron chi connectivity index (χ2n) is 11.4. The van der Waals surface area contributed by atoms with Crippen LogP contribution in [0.2, 0.25) is 0 Å². The van der Waals surface area contributed by atoms with Crippen molar-refractivity contribution in [2.45, 2.75) is 38.8 Å². The average molecular weight is 551 g/mol. The molecule has 0 unspecified atom stereocenters. The SMILES string of the molecule is C=CC(=O)N1CCN(c2c(C#N)c(OC[C@@H]3CCCN3C)nc3c2CCN(c2cccc4cccc(C)c24)C3)CC1. The van der Waals surface area contributed by atoms with Crippen molar-refractivity contribution in [2.24, 2.45) is 0 Å². The van der Waals surface area contributed by atoms with Gasteiger partial charge in [0.1, 0.15) is 18.2 Å². The lowest BCUT2D eigenvalue weighted by Gasteiger charge is -2.39. The maximum Gasteiger partial charge on any atom is 0.246 e. The number of carbonyl (C=O) groups is 1. The number of rotatable bonds is 6. The molecule has 2 fully saturated rings. The van der Waals surface area contributed by atoms with Crippen LogP contribution in [0.15, 0.2) is 49.1 Å². The highest BCUT2D eigenvalue weighted by Gasteiger charge is 2.32. The van der Waals surface area contributed by atoms with E-state index in [9.17, 15) is 10.1 Å². The fourth-order valence-corrected chi connectivity index (χ4v) is 6.71. The highest BCUT2D eigenvalue weighted by Crippen LogP contribution is 2.39. The molecule has 3 aliphatic rings. The van der Waals surface area contributed by atoms with Gasteiger partial charge in [-0.2, -0.15) is 5.26 Å². The van der Waals surface area contributed by atoms with Gasteiger partial charge in [-0.1, -0.05) is 36.9 Å². The Morgan fingerprint density at radius 1 is 1.12 bits per heavy atom. The van der Waals surface area contributed by atoms with Crippen LogP contribution in [0.5, 0.6) is 5.88 Å². The predicted molar refractivity (Wildman–Crippen MR) is 163 cm³/mol. The molecule has 1 aromatic heterocycles. The Morgan fingerprint density at radius 2 is 1.90 bits per heavy atom. The van der Waals surface area contributed by atoms with Gasteiger partial charge in [-0.3, -0.25) is 4.79 Å². The zero-order chi connectivity index (χ0) is 28.5. The number of likely N-dealkylation sites (tertiary alicyclic amines) is 1. The zero-order valence-electron chi connectivity index (χ0n) is 24.1. The van der Waals surface area contributed by atoms with Crippen molar-refractivity contribution in [1.29, 1.82) is 5.26 Å². The largest absolute Gasteiger partial charge is 0.475 e. The van der Waals surface area contributed by atoms with Crippen LogP contribution in [0.3, 0.4) is 0 Å². The van der Waals surface area contributed by atoms with Crippen LogP contribution in [-0.2, 0) is 17.8 Å². The third-order valence-electron chi connectivity index (χ3n) is 9.00. The van der Waals surface area contributed by atoms with Gasteiger partial charge in [-0.25, -0.2) is 4.98 Å². The van der Waals surface area contributed by atoms with Gasteiger partial charge in [0.2, 0.25) is 11.8 Å². The van der Waals surface area contributed by atoms with Crippen molar-refractivity contribution >= 4 is 28.1 Å². The Bertz CT molecular complexity index is 1520. The van der Waals surface area contributed by atoms with Crippen molar-refractivity contribution < 1.29 is 9.53 Å². The number of nitrogens with zero attached hydrogens (tertiary/aromatic N) is 6. The molecule has 0 radical (unpaired) electrons. The molecule has 8 heteroatoms. The standard InChI is InChI=1S/C33H38N6O2/c1-4-30(40)37-16-18-38(19-17-37)32-26-13-15-39(29-12-6-10-24-9-5-8-23(2)31(24)29)21-28(26)35-33(27(32)20-34)41-22-25-11-7-14-36(25)3/h4-6,8-10,12,25H,1,7,11,13-19,21-22H2,2-3H3/t25-/m0/s1. The second-order valence-corrected chi connectivity index (χ2v) is 11.4. The summed E-state index contributed by atoms with van der Waals surface area (Å²) in [4.78, 5) is 26.1. The number of aromatic nitrogens is 1. The summed E-state index contributed by atoms with van der Waals surface area (Å²) in [6.07, 6.45) is 4.40. The highest BCUT2D eigenvalue weighted by atomic mass is 16.5. The molecule has 1 atom stereocenters. The quantitative estimate of drug-likeness (QED) is 0.424. The van der Waals surface area contributed by atoms with Crippen LogP contribution < -0.4 is 14.5 Å². The van der Waals surface area contributed by atoms with E-state index in [4.69, 9.17) is 9.72 Å². The number of hydrogen-bond acceptors (Lipinski definition) is 7. The first kappa shape index (κ1) is 27.1. The number of likely N-dealkylation sites (N-methyl/N-ethyl adjacent to an activating group) is 1. The predicted octanol–water partition coefficient (Wildman–Crippen LogP) is 4.29. The molecule has 6 rings (SSSR count). The van der Waals surface area contributed by atoms with Gasteiger partial charge in [-0.15, -0.1) is 0 Å². The summed E-state index contributed by atoms with van der Waals surface area (Å²) in [6, 6.07) is 15.7. The maximum atomic E-state index is 12.2. The summed E-state index contributed by atoms with van der Waals surface area (Å²) >= 11 is 0. The van der Waals surface area contributed by atoms with Gasteiger partial charge in [0.05, 0.1) is 17.9 Å². The molecule has 2 saturated heterocycles. The summed E-state index contributed by atoms with van der Waals surface area (Å²) in [5.41, 5.74) is 6.02. The molecule has 4 heterocycles. The number of anilines is 2. The first-order chi connectivity index (χ1) is 20.0. The average Bonchev–Trinajstić information content (AvgIpc) is 3.42. The summed E-state index contributed by atoms with van der Waals surface area (Å²) in [5, 5.41) is 12.9. The molecule has 0 saturated carbocycles. The highest BCUT2D eigenvalue weighted by molar-refractivity contribution is 5.97. The minimum Gasteiger partial charge on any atom is -0.475 e. The van der Waals surface area contributed by atoms with Crippen molar-refractivity contribution in [2.75, 3.05) is 62.7 Å². The van der Waals surface area contributed by atoms with E-state index < -0.39 is 0 Å². The molecule has 1 amide bonds. The molecule has 0 aliphatic carbocycles. The number of fused-ring (bicyclic) bond motifs is 2. The number of ether oxygens (including phenoxy) is 1. The van der Waals surface area contributed by atoms with E-state index in [1.54, 1.807) is 0 Å². The van der Waals surface area contributed by atoms with Crippen molar-refractivity contribution in [3.8, 4) is 11.9 Å². The summed E-state index contributed by atoms with van der Waals surface area (Å²) in [7, 11) is 2.13. The van der Waals surface area contributed by atoms with E-state index in [2.05, 4.69) is 77.7 Å². The fourth-order valence-electron chi connectivity index (χ4n) is 6.71. The minimum atomic E-state index is -0.0485. The van der Waals surface area contributed by atoms with Gasteiger partial charge in [0.15, 0.2) is 0 Å². The van der Waals surface area contributed by atoms with E-state index in [1.807, 2.05) is 4.90 Å². The van der Waals surface area contributed by atoms with Gasteiger partial charge in [0, 0.05) is 55.4 Å². The number of carbonyl (C=O) groups excluding carboxylic acids is 1. The normalized spacial score (nSPS) is 19.2. The van der Waals surface area contributed by atoms with E-state index in [0.29, 0.717) is 56.8 Å². The summed E-state index contributed by atoms with van der Waals surface area (Å²) < 4.78 is 6.39. The number of piperazine rings is 1. The van der Waals surface area contributed by atoms with Crippen molar-refractivity contribution in [3.63, 3.8) is 0 Å². The number of benzene rings is 2. The Kier molecular flexibility index (Phi) is 7.55. The topological polar surface area (TPSA) is 75.9 Å². The number of amides is 1.